The van der Waals surface area contributed by atoms with Gasteiger partial charge in [0.15, 0.2) is 5.54 Å². The van der Waals surface area contributed by atoms with Crippen molar-refractivity contribution in [1.82, 2.24) is 4.72 Å². The number of sulfonamides is 1. The third-order valence-corrected chi connectivity index (χ3v) is 7.61. The molecule has 2 aromatic carbocycles. The fourth-order valence-corrected chi connectivity index (χ4v) is 5.19. The molecule has 0 amide bonds. The third-order valence-electron chi connectivity index (χ3n) is 6.06. The molecule has 1 heterocycles. The Bertz CT molecular complexity index is 1050. The first-order valence-electron chi connectivity index (χ1n) is 12.9. The fraction of sp³-hybridized carbons (Fsp3) is 0.519. The topological polar surface area (TPSA) is 148 Å². The Labute approximate surface area is 224 Å². The van der Waals surface area contributed by atoms with Crippen molar-refractivity contribution in [2.24, 2.45) is 5.73 Å². The molecule has 1 aliphatic rings. The summed E-state index contributed by atoms with van der Waals surface area (Å²) in [5.74, 6) is -0.927. The van der Waals surface area contributed by atoms with Gasteiger partial charge in [-0.1, -0.05) is 38.5 Å². The summed E-state index contributed by atoms with van der Waals surface area (Å²) < 4.78 is 50.6. The number of ether oxygens (including phenoxy) is 2. The lowest BCUT2D eigenvalue weighted by Crippen LogP contribution is -2.54. The number of carboxylic acids is 1. The molecule has 1 atom stereocenters. The molecule has 0 saturated carbocycles. The van der Waals surface area contributed by atoms with E-state index in [-0.39, 0.29) is 24.5 Å². The van der Waals surface area contributed by atoms with Crippen molar-refractivity contribution in [2.75, 3.05) is 26.4 Å². The molecule has 3 rings (SSSR count). The molecule has 0 radical (unpaired) electrons. The molecule has 212 valence electrons. The summed E-state index contributed by atoms with van der Waals surface area (Å²) in [5.41, 5.74) is 3.72. The largest absolute Gasteiger partial charge is 0.480 e. The highest BCUT2D eigenvalue weighted by Gasteiger charge is 2.46. The SMILES string of the molecule is NCCCCCCCCCCO.O=C(O)C1(NS(=O)(=O)c2ccc(Oc3ccc(F)cc3)cc2)CCOC1. The Morgan fingerprint density at radius 2 is 1.47 bits per heavy atom. The van der Waals surface area contributed by atoms with E-state index >= 15 is 0 Å². The number of aliphatic hydroxyl groups excluding tert-OH is 1. The van der Waals surface area contributed by atoms with Crippen LogP contribution in [0.2, 0.25) is 0 Å². The van der Waals surface area contributed by atoms with Crippen LogP contribution < -0.4 is 15.2 Å². The highest BCUT2D eigenvalue weighted by atomic mass is 32.2. The van der Waals surface area contributed by atoms with Gasteiger partial charge in [-0.15, -0.1) is 0 Å². The minimum atomic E-state index is -4.06. The minimum Gasteiger partial charge on any atom is -0.480 e. The van der Waals surface area contributed by atoms with E-state index in [0.29, 0.717) is 18.1 Å². The van der Waals surface area contributed by atoms with Crippen LogP contribution in [0.3, 0.4) is 0 Å². The molecule has 2 aromatic rings. The van der Waals surface area contributed by atoms with E-state index in [4.69, 9.17) is 20.3 Å². The van der Waals surface area contributed by atoms with Gasteiger partial charge in [-0.25, -0.2) is 12.8 Å². The summed E-state index contributed by atoms with van der Waals surface area (Å²) in [6.07, 6.45) is 9.95. The number of nitrogens with one attached hydrogen (secondary N) is 1. The summed E-state index contributed by atoms with van der Waals surface area (Å²) in [6, 6.07) is 10.8. The summed E-state index contributed by atoms with van der Waals surface area (Å²) in [7, 11) is -4.06. The summed E-state index contributed by atoms with van der Waals surface area (Å²) in [6.45, 7) is 1.13. The number of carboxylic acid groups (broad SMARTS) is 1. The van der Waals surface area contributed by atoms with E-state index in [1.54, 1.807) is 0 Å². The molecule has 9 nitrogen and oxygen atoms in total. The average Bonchev–Trinajstić information content (AvgIpc) is 3.37. The van der Waals surface area contributed by atoms with Gasteiger partial charge >= 0.3 is 5.97 Å². The van der Waals surface area contributed by atoms with Gasteiger partial charge in [0.2, 0.25) is 10.0 Å². The second-order valence-corrected chi connectivity index (χ2v) is 10.8. The number of hydrogen-bond donors (Lipinski definition) is 4. The van der Waals surface area contributed by atoms with Crippen molar-refractivity contribution in [3.05, 3.63) is 54.3 Å². The van der Waals surface area contributed by atoms with Crippen molar-refractivity contribution >= 4 is 16.0 Å². The van der Waals surface area contributed by atoms with Crippen LogP contribution in [-0.2, 0) is 19.6 Å². The standard InChI is InChI=1S/C17H16FNO6S.C10H23NO/c18-12-1-3-13(4-2-12)25-14-5-7-15(8-6-14)26(22,23)19-17(16(20)21)9-10-24-11-17;11-9-7-5-3-1-2-4-6-8-10-12/h1-8,19H,9-11H2,(H,20,21);12H,1-11H2. The van der Waals surface area contributed by atoms with Crippen LogP contribution in [0.5, 0.6) is 11.5 Å². The summed E-state index contributed by atoms with van der Waals surface area (Å²) in [5, 5.41) is 17.9. The second-order valence-electron chi connectivity index (χ2n) is 9.16. The number of rotatable bonds is 15. The zero-order valence-corrected chi connectivity index (χ0v) is 22.4. The predicted octanol–water partition coefficient (Wildman–Crippen LogP) is 4.20. The van der Waals surface area contributed by atoms with Gasteiger partial charge < -0.3 is 25.4 Å². The van der Waals surface area contributed by atoms with Crippen molar-refractivity contribution < 1.29 is 37.3 Å². The number of unbranched alkanes of at least 4 members (excludes halogenated alkanes) is 7. The first-order chi connectivity index (χ1) is 18.2. The quantitative estimate of drug-likeness (QED) is 0.240. The van der Waals surface area contributed by atoms with Crippen LogP contribution in [0.4, 0.5) is 4.39 Å². The van der Waals surface area contributed by atoms with E-state index < -0.39 is 27.3 Å². The van der Waals surface area contributed by atoms with Crippen LogP contribution >= 0.6 is 0 Å². The Balaban J connectivity index is 0.000000358. The zero-order chi connectivity index (χ0) is 27.9. The summed E-state index contributed by atoms with van der Waals surface area (Å²) >= 11 is 0. The van der Waals surface area contributed by atoms with Crippen LogP contribution in [0, 0.1) is 5.82 Å². The first kappa shape index (κ1) is 31.6. The van der Waals surface area contributed by atoms with Crippen molar-refractivity contribution in [1.29, 1.82) is 0 Å². The summed E-state index contributed by atoms with van der Waals surface area (Å²) in [4.78, 5) is 11.4. The molecule has 5 N–H and O–H groups in total. The number of carbonyl (C=O) groups is 1. The van der Waals surface area contributed by atoms with Gasteiger partial charge in [0.05, 0.1) is 11.5 Å². The first-order valence-corrected chi connectivity index (χ1v) is 14.4. The molecule has 1 saturated heterocycles. The third kappa shape index (κ3) is 10.7. The Morgan fingerprint density at radius 1 is 0.947 bits per heavy atom. The van der Waals surface area contributed by atoms with Crippen molar-refractivity contribution in [3.8, 4) is 11.5 Å². The maximum atomic E-state index is 12.9. The molecule has 11 heteroatoms. The van der Waals surface area contributed by atoms with Gasteiger partial charge in [0.25, 0.3) is 0 Å². The van der Waals surface area contributed by atoms with E-state index in [0.717, 1.165) is 13.0 Å². The second kappa shape index (κ2) is 16.4. The van der Waals surface area contributed by atoms with Crippen LogP contribution in [0.1, 0.15) is 57.8 Å². The van der Waals surface area contributed by atoms with Crippen LogP contribution in [-0.4, -0.2) is 56.5 Å². The number of aliphatic carboxylic acids is 1. The van der Waals surface area contributed by atoms with E-state index in [1.165, 1.54) is 93.5 Å². The van der Waals surface area contributed by atoms with Crippen molar-refractivity contribution in [2.45, 2.75) is 68.2 Å². The van der Waals surface area contributed by atoms with Crippen molar-refractivity contribution in [3.63, 3.8) is 0 Å². The molecule has 1 unspecified atom stereocenters. The number of hydrogen-bond acceptors (Lipinski definition) is 7. The number of nitrogens with two attached hydrogens (primary N) is 1. The molecule has 0 aromatic heterocycles. The molecule has 0 aliphatic carbocycles. The van der Waals surface area contributed by atoms with Gasteiger partial charge in [-0.05, 0) is 67.9 Å². The Hall–Kier alpha value is -2.57. The maximum Gasteiger partial charge on any atom is 0.327 e. The highest BCUT2D eigenvalue weighted by Crippen LogP contribution is 2.26. The number of halogens is 1. The van der Waals surface area contributed by atoms with Gasteiger partial charge in [-0.3, -0.25) is 4.79 Å². The normalized spacial score (nSPS) is 17.0. The van der Waals surface area contributed by atoms with E-state index in [1.807, 2.05) is 0 Å². The number of benzene rings is 2. The molecule has 38 heavy (non-hydrogen) atoms. The number of aliphatic hydroxyl groups is 1. The Morgan fingerprint density at radius 3 is 1.95 bits per heavy atom. The monoisotopic (exact) mass is 554 g/mol. The van der Waals surface area contributed by atoms with Gasteiger partial charge in [0.1, 0.15) is 17.3 Å². The zero-order valence-electron chi connectivity index (χ0n) is 21.6. The molecule has 0 bridgehead atoms. The molecule has 1 aliphatic heterocycles. The molecule has 1 fully saturated rings. The molecular formula is C27H39FN2O7S. The molecular weight excluding hydrogens is 515 g/mol. The molecule has 0 spiro atoms. The maximum absolute atomic E-state index is 12.9. The Kier molecular flexibility index (Phi) is 13.7. The fourth-order valence-electron chi connectivity index (χ4n) is 3.82. The lowest BCUT2D eigenvalue weighted by atomic mass is 10.0. The van der Waals surface area contributed by atoms with Gasteiger partial charge in [-0.2, -0.15) is 4.72 Å². The van der Waals surface area contributed by atoms with Gasteiger partial charge in [0, 0.05) is 19.6 Å². The highest BCUT2D eigenvalue weighted by molar-refractivity contribution is 7.89. The average molecular weight is 555 g/mol. The minimum absolute atomic E-state index is 0.0489. The van der Waals surface area contributed by atoms with Crippen LogP contribution in [0.15, 0.2) is 53.4 Å². The smallest absolute Gasteiger partial charge is 0.327 e. The van der Waals surface area contributed by atoms with E-state index in [2.05, 4.69) is 4.72 Å². The predicted molar refractivity (Wildman–Crippen MR) is 142 cm³/mol. The lowest BCUT2D eigenvalue weighted by molar-refractivity contribution is -0.144. The lowest BCUT2D eigenvalue weighted by Gasteiger charge is -2.23. The van der Waals surface area contributed by atoms with E-state index in [9.17, 15) is 22.7 Å². The van der Waals surface area contributed by atoms with Crippen LogP contribution in [0.25, 0.3) is 0 Å².